The molecule has 2 heterocycles. The maximum Gasteiger partial charge on any atom is 0.0639 e. The van der Waals surface area contributed by atoms with Gasteiger partial charge in [0.25, 0.3) is 0 Å². The highest BCUT2D eigenvalue weighted by atomic mass is 16.3. The summed E-state index contributed by atoms with van der Waals surface area (Å²) in [5, 5.41) is 9.15. The van der Waals surface area contributed by atoms with Gasteiger partial charge in [-0.3, -0.25) is 4.90 Å². The molecule has 3 aliphatic rings. The molecule has 0 aromatic carbocycles. The Bertz CT molecular complexity index is 160. The van der Waals surface area contributed by atoms with Crippen molar-refractivity contribution in [1.29, 1.82) is 0 Å². The lowest BCUT2D eigenvalue weighted by molar-refractivity contribution is 0.117. The summed E-state index contributed by atoms with van der Waals surface area (Å²) in [6, 6.07) is 0.975. The Morgan fingerprint density at radius 2 is 2.45 bits per heavy atom. The SMILES string of the molecule is C[C@@H](O)CN1CC2CC1C2N. The third-order valence-electron chi connectivity index (χ3n) is 2.97. The van der Waals surface area contributed by atoms with Gasteiger partial charge < -0.3 is 10.8 Å². The Labute approximate surface area is 67.2 Å². The average Bonchev–Trinajstić information content (AvgIpc) is 2.41. The first-order valence-electron chi connectivity index (χ1n) is 4.36. The van der Waals surface area contributed by atoms with Crippen molar-refractivity contribution in [1.82, 2.24) is 4.90 Å². The van der Waals surface area contributed by atoms with Crippen LogP contribution in [0.5, 0.6) is 0 Å². The molecule has 3 rings (SSSR count). The number of aliphatic hydroxyl groups is 1. The second-order valence-corrected chi connectivity index (χ2v) is 3.94. The van der Waals surface area contributed by atoms with Gasteiger partial charge in [0.05, 0.1) is 6.10 Å². The molecule has 11 heavy (non-hydrogen) atoms. The van der Waals surface area contributed by atoms with Crippen LogP contribution in [0.3, 0.4) is 0 Å². The van der Waals surface area contributed by atoms with Crippen molar-refractivity contribution in [2.45, 2.75) is 31.5 Å². The Morgan fingerprint density at radius 1 is 1.73 bits per heavy atom. The summed E-state index contributed by atoms with van der Waals surface area (Å²) < 4.78 is 0. The molecule has 3 nitrogen and oxygen atoms in total. The second-order valence-electron chi connectivity index (χ2n) is 3.94. The van der Waals surface area contributed by atoms with Crippen LogP contribution in [0.4, 0.5) is 0 Å². The second kappa shape index (κ2) is 2.44. The van der Waals surface area contributed by atoms with Gasteiger partial charge >= 0.3 is 0 Å². The van der Waals surface area contributed by atoms with Gasteiger partial charge in [0, 0.05) is 25.2 Å². The minimum Gasteiger partial charge on any atom is -0.392 e. The van der Waals surface area contributed by atoms with Crippen molar-refractivity contribution >= 4 is 0 Å². The molecule has 3 fully saturated rings. The van der Waals surface area contributed by atoms with Crippen LogP contribution in [0.2, 0.25) is 0 Å². The standard InChI is InChI=1S/C8H16N2O/c1-5(11)3-10-4-6-2-7(10)8(6)9/h5-8,11H,2-4,9H2,1H3/t5-,6?,7?,8?/m1/s1. The Hall–Kier alpha value is -0.120. The molecule has 2 aliphatic heterocycles. The zero-order valence-electron chi connectivity index (χ0n) is 6.90. The van der Waals surface area contributed by atoms with E-state index in [0.29, 0.717) is 12.1 Å². The van der Waals surface area contributed by atoms with Crippen LogP contribution in [0.25, 0.3) is 0 Å². The number of hydrogen-bond acceptors (Lipinski definition) is 3. The molecule has 2 bridgehead atoms. The van der Waals surface area contributed by atoms with Gasteiger partial charge in [0.15, 0.2) is 0 Å². The lowest BCUT2D eigenvalue weighted by Crippen LogP contribution is -2.50. The number of nitrogens with zero attached hydrogens (tertiary/aromatic N) is 1. The molecule has 2 saturated heterocycles. The zero-order valence-corrected chi connectivity index (χ0v) is 6.90. The minimum absolute atomic E-state index is 0.207. The van der Waals surface area contributed by atoms with Crippen molar-refractivity contribution in [2.75, 3.05) is 13.1 Å². The third-order valence-corrected chi connectivity index (χ3v) is 2.97. The van der Waals surface area contributed by atoms with Gasteiger partial charge in [-0.05, 0) is 19.3 Å². The van der Waals surface area contributed by atoms with Crippen molar-refractivity contribution in [3.05, 3.63) is 0 Å². The number of nitrogens with two attached hydrogens (primary N) is 1. The van der Waals surface area contributed by atoms with E-state index >= 15 is 0 Å². The first-order valence-corrected chi connectivity index (χ1v) is 4.36. The predicted octanol–water partition coefficient (Wildman–Crippen LogP) is -0.601. The number of fused-ring (bicyclic) bond motifs is 1. The molecule has 3 heteroatoms. The molecule has 0 spiro atoms. The van der Waals surface area contributed by atoms with Gasteiger partial charge in [0.2, 0.25) is 0 Å². The van der Waals surface area contributed by atoms with Crippen LogP contribution >= 0.6 is 0 Å². The summed E-state index contributed by atoms with van der Waals surface area (Å²) in [6.45, 7) is 3.74. The quantitative estimate of drug-likeness (QED) is 0.561. The van der Waals surface area contributed by atoms with E-state index in [0.717, 1.165) is 19.0 Å². The first-order chi connectivity index (χ1) is 5.18. The zero-order chi connectivity index (χ0) is 8.01. The van der Waals surface area contributed by atoms with Gasteiger partial charge in [-0.1, -0.05) is 0 Å². The van der Waals surface area contributed by atoms with E-state index in [9.17, 15) is 0 Å². The molecule has 1 aliphatic carbocycles. The molecule has 0 radical (unpaired) electrons. The van der Waals surface area contributed by atoms with E-state index in [1.807, 2.05) is 6.92 Å². The van der Waals surface area contributed by atoms with Crippen molar-refractivity contribution in [3.63, 3.8) is 0 Å². The average molecular weight is 156 g/mol. The molecule has 64 valence electrons. The van der Waals surface area contributed by atoms with E-state index in [-0.39, 0.29) is 6.10 Å². The van der Waals surface area contributed by atoms with Gasteiger partial charge in [0.1, 0.15) is 0 Å². The summed E-state index contributed by atoms with van der Waals surface area (Å²) >= 11 is 0. The Balaban J connectivity index is 1.89. The molecule has 3 unspecified atom stereocenters. The molecular formula is C8H16N2O. The van der Waals surface area contributed by atoms with Crippen LogP contribution in [0, 0.1) is 5.92 Å². The summed E-state index contributed by atoms with van der Waals surface area (Å²) in [5.74, 6) is 0.721. The lowest BCUT2D eigenvalue weighted by Gasteiger charge is -2.33. The van der Waals surface area contributed by atoms with E-state index in [1.54, 1.807) is 0 Å². The highest BCUT2D eigenvalue weighted by Crippen LogP contribution is 2.39. The van der Waals surface area contributed by atoms with E-state index in [4.69, 9.17) is 10.8 Å². The maximum absolute atomic E-state index is 9.15. The molecule has 0 aromatic rings. The van der Waals surface area contributed by atoms with Crippen LogP contribution in [0.1, 0.15) is 13.3 Å². The summed E-state index contributed by atoms with van der Waals surface area (Å²) in [6.07, 6.45) is 1.05. The topological polar surface area (TPSA) is 49.5 Å². The fourth-order valence-corrected chi connectivity index (χ4v) is 2.32. The fourth-order valence-electron chi connectivity index (χ4n) is 2.32. The highest BCUT2D eigenvalue weighted by molar-refractivity contribution is 5.07. The van der Waals surface area contributed by atoms with Gasteiger partial charge in [-0.15, -0.1) is 0 Å². The normalized spacial score (nSPS) is 45.5. The molecule has 1 saturated carbocycles. The monoisotopic (exact) mass is 156 g/mol. The lowest BCUT2D eigenvalue weighted by atomic mass is 9.81. The highest BCUT2D eigenvalue weighted by Gasteiger charge is 2.49. The van der Waals surface area contributed by atoms with E-state index in [1.165, 1.54) is 6.42 Å². The van der Waals surface area contributed by atoms with Crippen molar-refractivity contribution in [2.24, 2.45) is 11.7 Å². The van der Waals surface area contributed by atoms with Crippen molar-refractivity contribution in [3.8, 4) is 0 Å². The predicted molar refractivity (Wildman–Crippen MR) is 43.1 cm³/mol. The van der Waals surface area contributed by atoms with Crippen LogP contribution < -0.4 is 5.73 Å². The first kappa shape index (κ1) is 7.53. The largest absolute Gasteiger partial charge is 0.392 e. The smallest absolute Gasteiger partial charge is 0.0639 e. The molecular weight excluding hydrogens is 140 g/mol. The van der Waals surface area contributed by atoms with Gasteiger partial charge in [-0.25, -0.2) is 0 Å². The number of rotatable bonds is 2. The van der Waals surface area contributed by atoms with Crippen LogP contribution in [0.15, 0.2) is 0 Å². The molecule has 4 atom stereocenters. The van der Waals surface area contributed by atoms with Crippen LogP contribution in [-0.4, -0.2) is 41.3 Å². The Kier molecular flexibility index (Phi) is 1.67. The molecule has 3 N–H and O–H groups in total. The summed E-state index contributed by atoms with van der Waals surface area (Å²) in [4.78, 5) is 2.32. The van der Waals surface area contributed by atoms with Crippen molar-refractivity contribution < 1.29 is 5.11 Å². The summed E-state index contributed by atoms with van der Waals surface area (Å²) in [5.41, 5.74) is 5.87. The fraction of sp³-hybridized carbons (Fsp3) is 1.00. The Morgan fingerprint density at radius 3 is 2.82 bits per heavy atom. The number of aliphatic hydroxyl groups excluding tert-OH is 1. The maximum atomic E-state index is 9.15. The molecule has 0 aromatic heterocycles. The van der Waals surface area contributed by atoms with E-state index < -0.39 is 0 Å². The van der Waals surface area contributed by atoms with Crippen LogP contribution in [-0.2, 0) is 0 Å². The third kappa shape index (κ3) is 1.08. The summed E-state index contributed by atoms with van der Waals surface area (Å²) in [7, 11) is 0. The molecule has 0 amide bonds. The van der Waals surface area contributed by atoms with E-state index in [2.05, 4.69) is 4.90 Å². The number of hydrogen-bond donors (Lipinski definition) is 2. The van der Waals surface area contributed by atoms with Gasteiger partial charge in [-0.2, -0.15) is 0 Å². The minimum atomic E-state index is -0.207.